The fourth-order valence-electron chi connectivity index (χ4n) is 5.01. The van der Waals surface area contributed by atoms with Gasteiger partial charge < -0.3 is 15.5 Å². The quantitative estimate of drug-likeness (QED) is 0.861. The Morgan fingerprint density at radius 3 is 2.48 bits per heavy atom. The largest absolute Gasteiger partial charge is 0.342 e. The molecule has 0 radical (unpaired) electrons. The number of piperidine rings is 1. The Bertz CT molecular complexity index is 688. The van der Waals surface area contributed by atoms with Gasteiger partial charge in [0, 0.05) is 37.2 Å². The van der Waals surface area contributed by atoms with Crippen LogP contribution in [-0.2, 0) is 16.0 Å². The third-order valence-corrected chi connectivity index (χ3v) is 6.59. The second-order valence-corrected chi connectivity index (χ2v) is 8.00. The molecule has 0 spiro atoms. The number of para-hydroxylation sites is 1. The topological polar surface area (TPSA) is 66.6 Å². The molecule has 0 bridgehead atoms. The number of likely N-dealkylation sites (tertiary alicyclic amines) is 1. The molecule has 2 aliphatic heterocycles. The minimum Gasteiger partial charge on any atom is -0.342 e. The van der Waals surface area contributed by atoms with E-state index in [4.69, 9.17) is 5.73 Å². The molecule has 27 heavy (non-hydrogen) atoms. The van der Waals surface area contributed by atoms with Crippen molar-refractivity contribution >= 4 is 29.9 Å². The molecule has 1 saturated carbocycles. The molecule has 0 aromatic heterocycles. The maximum absolute atomic E-state index is 13.0. The first-order valence-electron chi connectivity index (χ1n) is 10.1. The van der Waals surface area contributed by atoms with Gasteiger partial charge in [-0.15, -0.1) is 12.4 Å². The molecule has 6 heteroatoms. The molecular weight excluding hydrogens is 362 g/mol. The molecule has 1 saturated heterocycles. The van der Waals surface area contributed by atoms with Gasteiger partial charge >= 0.3 is 0 Å². The first-order chi connectivity index (χ1) is 12.7. The van der Waals surface area contributed by atoms with Gasteiger partial charge in [-0.05, 0) is 56.2 Å². The van der Waals surface area contributed by atoms with Crippen LogP contribution in [0, 0.1) is 17.8 Å². The van der Waals surface area contributed by atoms with E-state index in [2.05, 4.69) is 6.07 Å². The van der Waals surface area contributed by atoms with Crippen molar-refractivity contribution in [3.05, 3.63) is 29.8 Å². The number of nitrogens with two attached hydrogens (primary N) is 1. The van der Waals surface area contributed by atoms with E-state index >= 15 is 0 Å². The number of amides is 2. The Kier molecular flexibility index (Phi) is 6.43. The van der Waals surface area contributed by atoms with Crippen molar-refractivity contribution < 1.29 is 9.59 Å². The van der Waals surface area contributed by atoms with Crippen molar-refractivity contribution in [1.82, 2.24) is 4.90 Å². The first kappa shape index (κ1) is 20.2. The molecule has 2 amide bonds. The summed E-state index contributed by atoms with van der Waals surface area (Å²) in [6, 6.07) is 8.20. The second kappa shape index (κ2) is 8.61. The molecule has 3 aliphatic rings. The predicted octanol–water partition coefficient (Wildman–Crippen LogP) is 2.61. The van der Waals surface area contributed by atoms with Crippen LogP contribution in [0.5, 0.6) is 0 Å². The zero-order valence-electron chi connectivity index (χ0n) is 15.8. The Balaban J connectivity index is 0.00000210. The number of halogens is 1. The smallest absolute Gasteiger partial charge is 0.230 e. The van der Waals surface area contributed by atoms with Gasteiger partial charge in [0.2, 0.25) is 11.8 Å². The van der Waals surface area contributed by atoms with E-state index in [0.29, 0.717) is 25.6 Å². The number of carbonyl (C=O) groups excluding carboxylic acids is 2. The highest BCUT2D eigenvalue weighted by atomic mass is 35.5. The van der Waals surface area contributed by atoms with Crippen molar-refractivity contribution in [2.45, 2.75) is 38.5 Å². The van der Waals surface area contributed by atoms with E-state index in [-0.39, 0.29) is 36.1 Å². The fraction of sp³-hybridized carbons (Fsp3) is 0.619. The number of fused-ring (bicyclic) bond motifs is 1. The van der Waals surface area contributed by atoms with E-state index in [1.165, 1.54) is 5.56 Å². The van der Waals surface area contributed by atoms with Crippen LogP contribution in [0.25, 0.3) is 0 Å². The highest BCUT2D eigenvalue weighted by Crippen LogP contribution is 2.34. The summed E-state index contributed by atoms with van der Waals surface area (Å²) in [6.07, 6.45) is 5.68. The van der Waals surface area contributed by atoms with Gasteiger partial charge in [-0.1, -0.05) is 24.6 Å². The average molecular weight is 392 g/mol. The molecule has 2 heterocycles. The van der Waals surface area contributed by atoms with Crippen molar-refractivity contribution in [2.24, 2.45) is 23.5 Å². The number of hydrogen-bond donors (Lipinski definition) is 1. The minimum absolute atomic E-state index is 0. The molecule has 2 atom stereocenters. The van der Waals surface area contributed by atoms with Crippen LogP contribution in [0.2, 0.25) is 0 Å². The molecule has 2 N–H and O–H groups in total. The number of hydrogen-bond acceptors (Lipinski definition) is 3. The summed E-state index contributed by atoms with van der Waals surface area (Å²) in [7, 11) is 0. The third kappa shape index (κ3) is 3.85. The van der Waals surface area contributed by atoms with Crippen LogP contribution in [0.4, 0.5) is 5.69 Å². The van der Waals surface area contributed by atoms with Crippen LogP contribution < -0.4 is 10.6 Å². The zero-order valence-corrected chi connectivity index (χ0v) is 16.6. The Morgan fingerprint density at radius 1 is 1.00 bits per heavy atom. The number of nitrogens with zero attached hydrogens (tertiary/aromatic N) is 2. The van der Waals surface area contributed by atoms with Crippen LogP contribution >= 0.6 is 12.4 Å². The van der Waals surface area contributed by atoms with Crippen molar-refractivity contribution in [1.29, 1.82) is 0 Å². The van der Waals surface area contributed by atoms with Crippen molar-refractivity contribution in [2.75, 3.05) is 31.1 Å². The molecule has 1 aliphatic carbocycles. The molecule has 1 aromatic rings. The fourth-order valence-corrected chi connectivity index (χ4v) is 5.01. The van der Waals surface area contributed by atoms with E-state index in [0.717, 1.165) is 50.8 Å². The summed E-state index contributed by atoms with van der Waals surface area (Å²) < 4.78 is 0. The minimum atomic E-state index is 0. The highest BCUT2D eigenvalue weighted by Gasteiger charge is 2.38. The molecule has 2 fully saturated rings. The SMILES string of the molecule is Cl.NC[C@H]1CCC[C@H]1C(=O)N1CCC(C(=O)N2CCc3ccccc32)CC1. The lowest BCUT2D eigenvalue weighted by Gasteiger charge is -2.35. The summed E-state index contributed by atoms with van der Waals surface area (Å²) >= 11 is 0. The number of anilines is 1. The highest BCUT2D eigenvalue weighted by molar-refractivity contribution is 5.97. The van der Waals surface area contributed by atoms with Crippen LogP contribution in [0.1, 0.15) is 37.7 Å². The normalized spacial score (nSPS) is 25.2. The predicted molar refractivity (Wildman–Crippen MR) is 109 cm³/mol. The van der Waals surface area contributed by atoms with E-state index in [9.17, 15) is 9.59 Å². The average Bonchev–Trinajstić information content (AvgIpc) is 3.33. The van der Waals surface area contributed by atoms with Crippen molar-refractivity contribution in [3.8, 4) is 0 Å². The molecule has 5 nitrogen and oxygen atoms in total. The van der Waals surface area contributed by atoms with Gasteiger partial charge in [-0.2, -0.15) is 0 Å². The van der Waals surface area contributed by atoms with Crippen LogP contribution in [-0.4, -0.2) is 42.9 Å². The van der Waals surface area contributed by atoms with Gasteiger partial charge in [0.15, 0.2) is 0 Å². The number of carbonyl (C=O) groups is 2. The Hall–Kier alpha value is -1.59. The summed E-state index contributed by atoms with van der Waals surface area (Å²) in [5.74, 6) is 1.01. The zero-order chi connectivity index (χ0) is 18.1. The molecule has 1 aromatic carbocycles. The summed E-state index contributed by atoms with van der Waals surface area (Å²) in [5.41, 5.74) is 8.18. The lowest BCUT2D eigenvalue weighted by atomic mass is 9.91. The van der Waals surface area contributed by atoms with Crippen LogP contribution in [0.15, 0.2) is 24.3 Å². The van der Waals surface area contributed by atoms with E-state index in [1.54, 1.807) is 0 Å². The van der Waals surface area contributed by atoms with Gasteiger partial charge in [-0.3, -0.25) is 9.59 Å². The maximum Gasteiger partial charge on any atom is 0.230 e. The Morgan fingerprint density at radius 2 is 1.74 bits per heavy atom. The summed E-state index contributed by atoms with van der Waals surface area (Å²) in [6.45, 7) is 2.81. The summed E-state index contributed by atoms with van der Waals surface area (Å²) in [4.78, 5) is 29.8. The van der Waals surface area contributed by atoms with E-state index in [1.807, 2.05) is 28.0 Å². The third-order valence-electron chi connectivity index (χ3n) is 6.59. The molecule has 148 valence electrons. The standard InChI is InChI=1S/C21H29N3O2.ClH/c22-14-17-5-3-6-18(17)21(26)23-11-8-16(9-12-23)20(25)24-13-10-15-4-1-2-7-19(15)24;/h1-2,4,7,16-18H,3,5-6,8-14,22H2;1H/t17-,18-;/m1./s1. The monoisotopic (exact) mass is 391 g/mol. The van der Waals surface area contributed by atoms with E-state index < -0.39 is 0 Å². The number of benzene rings is 1. The van der Waals surface area contributed by atoms with Gasteiger partial charge in [0.1, 0.15) is 0 Å². The molecule has 4 rings (SSSR count). The molecular formula is C21H30ClN3O2. The first-order valence-corrected chi connectivity index (χ1v) is 10.1. The summed E-state index contributed by atoms with van der Waals surface area (Å²) in [5, 5.41) is 0. The van der Waals surface area contributed by atoms with Crippen LogP contribution in [0.3, 0.4) is 0 Å². The second-order valence-electron chi connectivity index (χ2n) is 8.00. The van der Waals surface area contributed by atoms with Gasteiger partial charge in [0.25, 0.3) is 0 Å². The maximum atomic E-state index is 13.0. The lowest BCUT2D eigenvalue weighted by molar-refractivity contribution is -0.139. The number of rotatable bonds is 3. The van der Waals surface area contributed by atoms with Crippen molar-refractivity contribution in [3.63, 3.8) is 0 Å². The molecule has 0 unspecified atom stereocenters. The lowest BCUT2D eigenvalue weighted by Crippen LogP contribution is -2.46. The van der Waals surface area contributed by atoms with Gasteiger partial charge in [-0.25, -0.2) is 0 Å². The Labute approximate surface area is 167 Å². The van der Waals surface area contributed by atoms with Gasteiger partial charge in [0.05, 0.1) is 0 Å².